The summed E-state index contributed by atoms with van der Waals surface area (Å²) in [5.41, 5.74) is 0.649. The summed E-state index contributed by atoms with van der Waals surface area (Å²) in [5, 5.41) is 3.52. The molecule has 9 heteroatoms. The fourth-order valence-electron chi connectivity index (χ4n) is 2.07. The van der Waals surface area contributed by atoms with Gasteiger partial charge in [0.05, 0.1) is 12.0 Å². The standard InChI is InChI=1S/C18H18Cl2N2O4S/c1-26-15-5-7-16(8-6-15)27(24,25)22-11-10-21-18(23)9-3-13-2-4-14(19)12-17(13)20/h2-9,12,22H,10-11H2,1H3,(H,21,23)/b9-3+. The van der Waals surface area contributed by atoms with Crippen molar-refractivity contribution in [1.29, 1.82) is 0 Å². The Kier molecular flexibility index (Phi) is 7.67. The number of ether oxygens (including phenoxy) is 1. The van der Waals surface area contributed by atoms with E-state index in [1.165, 1.54) is 25.3 Å². The van der Waals surface area contributed by atoms with Crippen molar-refractivity contribution < 1.29 is 17.9 Å². The molecule has 0 aliphatic carbocycles. The molecule has 0 aliphatic heterocycles. The molecule has 0 saturated heterocycles. The first-order chi connectivity index (χ1) is 12.8. The number of carbonyl (C=O) groups is 1. The summed E-state index contributed by atoms with van der Waals surface area (Å²) in [7, 11) is -2.15. The monoisotopic (exact) mass is 428 g/mol. The van der Waals surface area contributed by atoms with Crippen LogP contribution in [0.1, 0.15) is 5.56 Å². The first kappa shape index (κ1) is 21.2. The molecule has 0 aliphatic rings. The minimum Gasteiger partial charge on any atom is -0.497 e. The van der Waals surface area contributed by atoms with Crippen LogP contribution in [-0.4, -0.2) is 34.5 Å². The summed E-state index contributed by atoms with van der Waals surface area (Å²) >= 11 is 11.8. The van der Waals surface area contributed by atoms with Gasteiger partial charge >= 0.3 is 0 Å². The molecule has 27 heavy (non-hydrogen) atoms. The van der Waals surface area contributed by atoms with Crippen LogP contribution in [0, 0.1) is 0 Å². The van der Waals surface area contributed by atoms with E-state index in [0.717, 1.165) is 0 Å². The fourth-order valence-corrected chi connectivity index (χ4v) is 3.57. The molecule has 144 valence electrons. The molecule has 0 radical (unpaired) electrons. The highest BCUT2D eigenvalue weighted by Crippen LogP contribution is 2.21. The lowest BCUT2D eigenvalue weighted by Gasteiger charge is -2.08. The number of nitrogens with one attached hydrogen (secondary N) is 2. The summed E-state index contributed by atoms with van der Waals surface area (Å²) in [6, 6.07) is 10.9. The first-order valence-corrected chi connectivity index (χ1v) is 10.1. The zero-order chi connectivity index (χ0) is 19.9. The van der Waals surface area contributed by atoms with Gasteiger partial charge in [0.15, 0.2) is 0 Å². The topological polar surface area (TPSA) is 84.5 Å². The molecular weight excluding hydrogens is 411 g/mol. The van der Waals surface area contributed by atoms with Gasteiger partial charge in [0.2, 0.25) is 15.9 Å². The molecule has 0 unspecified atom stereocenters. The van der Waals surface area contributed by atoms with Crippen molar-refractivity contribution in [3.05, 3.63) is 64.1 Å². The second-order valence-electron chi connectivity index (χ2n) is 5.36. The van der Waals surface area contributed by atoms with Crippen molar-refractivity contribution in [2.75, 3.05) is 20.2 Å². The van der Waals surface area contributed by atoms with Crippen LogP contribution in [-0.2, 0) is 14.8 Å². The van der Waals surface area contributed by atoms with Gasteiger partial charge in [-0.25, -0.2) is 13.1 Å². The molecule has 2 N–H and O–H groups in total. The molecule has 0 heterocycles. The third-order valence-electron chi connectivity index (χ3n) is 3.46. The Morgan fingerprint density at radius 2 is 1.81 bits per heavy atom. The zero-order valence-electron chi connectivity index (χ0n) is 14.4. The van der Waals surface area contributed by atoms with Gasteiger partial charge in [-0.05, 0) is 48.0 Å². The maximum atomic E-state index is 12.1. The van der Waals surface area contributed by atoms with E-state index in [0.29, 0.717) is 21.4 Å². The largest absolute Gasteiger partial charge is 0.497 e. The lowest BCUT2D eigenvalue weighted by molar-refractivity contribution is -0.116. The van der Waals surface area contributed by atoms with Crippen LogP contribution >= 0.6 is 23.2 Å². The van der Waals surface area contributed by atoms with Crippen molar-refractivity contribution in [2.24, 2.45) is 0 Å². The van der Waals surface area contributed by atoms with E-state index in [4.69, 9.17) is 27.9 Å². The van der Waals surface area contributed by atoms with Gasteiger partial charge < -0.3 is 10.1 Å². The number of carbonyl (C=O) groups excluding carboxylic acids is 1. The maximum Gasteiger partial charge on any atom is 0.244 e. The average molecular weight is 429 g/mol. The highest BCUT2D eigenvalue weighted by molar-refractivity contribution is 7.89. The predicted molar refractivity (Wildman–Crippen MR) is 107 cm³/mol. The molecule has 0 spiro atoms. The van der Waals surface area contributed by atoms with E-state index in [1.54, 1.807) is 36.4 Å². The Morgan fingerprint density at radius 1 is 1.11 bits per heavy atom. The molecule has 0 saturated carbocycles. The number of sulfonamides is 1. The van der Waals surface area contributed by atoms with Gasteiger partial charge in [-0.2, -0.15) is 0 Å². The summed E-state index contributed by atoms with van der Waals surface area (Å²) < 4.78 is 31.7. The quantitative estimate of drug-likeness (QED) is 0.499. The average Bonchev–Trinajstić information content (AvgIpc) is 2.64. The molecule has 0 atom stereocenters. The Morgan fingerprint density at radius 3 is 2.44 bits per heavy atom. The Hall–Kier alpha value is -2.06. The van der Waals surface area contributed by atoms with Crippen LogP contribution in [0.3, 0.4) is 0 Å². The number of methoxy groups -OCH3 is 1. The molecule has 1 amide bonds. The van der Waals surface area contributed by atoms with Gasteiger partial charge in [0, 0.05) is 29.2 Å². The summed E-state index contributed by atoms with van der Waals surface area (Å²) in [5.74, 6) is 0.193. The first-order valence-electron chi connectivity index (χ1n) is 7.86. The van der Waals surface area contributed by atoms with Gasteiger partial charge in [0.25, 0.3) is 0 Å². The number of halogens is 2. The molecule has 0 bridgehead atoms. The molecule has 2 aromatic rings. The second kappa shape index (κ2) is 9.75. The lowest BCUT2D eigenvalue weighted by atomic mass is 10.2. The van der Waals surface area contributed by atoms with Crippen LogP contribution in [0.5, 0.6) is 5.75 Å². The van der Waals surface area contributed by atoms with Crippen LogP contribution in [0.2, 0.25) is 10.0 Å². The SMILES string of the molecule is COc1ccc(S(=O)(=O)NCCNC(=O)/C=C/c2ccc(Cl)cc2Cl)cc1. The smallest absolute Gasteiger partial charge is 0.244 e. The van der Waals surface area contributed by atoms with Crippen molar-refractivity contribution in [3.8, 4) is 5.75 Å². The molecular formula is C18H18Cl2N2O4S. The molecule has 2 rings (SSSR count). The molecule has 0 aromatic heterocycles. The van der Waals surface area contributed by atoms with E-state index in [2.05, 4.69) is 10.0 Å². The van der Waals surface area contributed by atoms with Crippen LogP contribution < -0.4 is 14.8 Å². The van der Waals surface area contributed by atoms with E-state index in [9.17, 15) is 13.2 Å². The van der Waals surface area contributed by atoms with Crippen LogP contribution in [0.15, 0.2) is 53.4 Å². The number of amides is 1. The van der Waals surface area contributed by atoms with Gasteiger partial charge in [0.1, 0.15) is 5.75 Å². The van der Waals surface area contributed by atoms with Crippen LogP contribution in [0.4, 0.5) is 0 Å². The zero-order valence-corrected chi connectivity index (χ0v) is 16.7. The Balaban J connectivity index is 1.81. The van der Waals surface area contributed by atoms with Gasteiger partial charge in [-0.3, -0.25) is 4.79 Å². The highest BCUT2D eigenvalue weighted by Gasteiger charge is 2.13. The Bertz CT molecular complexity index is 929. The fraction of sp³-hybridized carbons (Fsp3) is 0.167. The second-order valence-corrected chi connectivity index (χ2v) is 7.97. The summed E-state index contributed by atoms with van der Waals surface area (Å²) in [6.07, 6.45) is 2.86. The maximum absolute atomic E-state index is 12.1. The number of rotatable bonds is 8. The van der Waals surface area contributed by atoms with Gasteiger partial charge in [-0.1, -0.05) is 29.3 Å². The highest BCUT2D eigenvalue weighted by atomic mass is 35.5. The normalized spacial score (nSPS) is 11.5. The van der Waals surface area contributed by atoms with Crippen molar-refractivity contribution in [3.63, 3.8) is 0 Å². The van der Waals surface area contributed by atoms with E-state index in [1.807, 2.05) is 0 Å². The van der Waals surface area contributed by atoms with Crippen LogP contribution in [0.25, 0.3) is 6.08 Å². The Labute approximate surface area is 168 Å². The molecule has 6 nitrogen and oxygen atoms in total. The lowest BCUT2D eigenvalue weighted by Crippen LogP contribution is -2.34. The van der Waals surface area contributed by atoms with Crippen molar-refractivity contribution in [2.45, 2.75) is 4.90 Å². The number of hydrogen-bond acceptors (Lipinski definition) is 4. The van der Waals surface area contributed by atoms with Crippen molar-refractivity contribution >= 4 is 45.2 Å². The number of hydrogen-bond donors (Lipinski definition) is 2. The molecule has 2 aromatic carbocycles. The third-order valence-corrected chi connectivity index (χ3v) is 5.50. The third kappa shape index (κ3) is 6.55. The van der Waals surface area contributed by atoms with E-state index in [-0.39, 0.29) is 23.9 Å². The van der Waals surface area contributed by atoms with E-state index >= 15 is 0 Å². The van der Waals surface area contributed by atoms with Crippen molar-refractivity contribution in [1.82, 2.24) is 10.0 Å². The van der Waals surface area contributed by atoms with Gasteiger partial charge in [-0.15, -0.1) is 0 Å². The van der Waals surface area contributed by atoms with E-state index < -0.39 is 10.0 Å². The minimum atomic E-state index is -3.65. The summed E-state index contributed by atoms with van der Waals surface area (Å²) in [4.78, 5) is 11.9. The number of benzene rings is 2. The molecule has 0 fully saturated rings. The minimum absolute atomic E-state index is 0.0512. The summed E-state index contributed by atoms with van der Waals surface area (Å²) in [6.45, 7) is 0.183. The predicted octanol–water partition coefficient (Wildman–Crippen LogP) is 3.11.